The second-order valence-corrected chi connectivity index (χ2v) is 4.05. The molecule has 0 aromatic carbocycles. The Morgan fingerprint density at radius 2 is 1.43 bits per heavy atom. The van der Waals surface area contributed by atoms with Gasteiger partial charge in [0.1, 0.15) is 0 Å². The largest absolute Gasteiger partial charge is 0.481 e. The fraction of sp³-hybridized carbons (Fsp3) is 0.714. The van der Waals surface area contributed by atoms with Crippen LogP contribution >= 0.6 is 0 Å². The van der Waals surface area contributed by atoms with E-state index in [1.807, 2.05) is 0 Å². The minimum Gasteiger partial charge on any atom is -0.481 e. The zero-order chi connectivity index (χ0) is 13.3. The molecule has 1 rings (SSSR count). The van der Waals surface area contributed by atoms with E-state index in [-0.39, 0.29) is 29.7 Å². The second kappa shape index (κ2) is 9.90. The van der Waals surface area contributed by atoms with Gasteiger partial charge in [-0.1, -0.05) is 43.6 Å². The number of carboxylic acids is 2. The van der Waals surface area contributed by atoms with Crippen molar-refractivity contribution in [3.63, 3.8) is 0 Å². The Bertz CT molecular complexity index is 389. The Hall–Kier alpha value is -1.92. The van der Waals surface area contributed by atoms with Crippen LogP contribution in [0.5, 0.6) is 0 Å². The van der Waals surface area contributed by atoms with E-state index in [0.717, 1.165) is 0 Å². The lowest BCUT2D eigenvalue weighted by Crippen LogP contribution is -2.38. The van der Waals surface area contributed by atoms with E-state index in [2.05, 4.69) is 4.74 Å². The van der Waals surface area contributed by atoms with E-state index >= 15 is 0 Å². The number of hydrogen-bond acceptors (Lipinski definition) is 5. The lowest BCUT2D eigenvalue weighted by atomic mass is 9.77. The molecule has 1 saturated heterocycles. The molecule has 0 spiro atoms. The predicted molar refractivity (Wildman–Crippen MR) is 78.6 cm³/mol. The summed E-state index contributed by atoms with van der Waals surface area (Å²) in [6.07, 6.45) is 0. The summed E-state index contributed by atoms with van der Waals surface area (Å²) >= 11 is 0. The summed E-state index contributed by atoms with van der Waals surface area (Å²) < 4.78 is 4.31. The quantitative estimate of drug-likeness (QED) is 0.604. The SMILES string of the molecule is C.C.C.C.CC(C(=O)O)C(C(=O)O)C1C(=O)OC(=O)C1C. The molecule has 0 aromatic rings. The van der Waals surface area contributed by atoms with Crippen LogP contribution in [0.4, 0.5) is 0 Å². The average molecular weight is 308 g/mol. The van der Waals surface area contributed by atoms with Crippen LogP contribution in [-0.4, -0.2) is 34.1 Å². The Morgan fingerprint density at radius 1 is 1.00 bits per heavy atom. The van der Waals surface area contributed by atoms with E-state index in [1.54, 1.807) is 0 Å². The van der Waals surface area contributed by atoms with Crippen molar-refractivity contribution >= 4 is 23.9 Å². The van der Waals surface area contributed by atoms with E-state index in [4.69, 9.17) is 10.2 Å². The third-order valence-corrected chi connectivity index (χ3v) is 2.98. The van der Waals surface area contributed by atoms with Crippen LogP contribution in [0.2, 0.25) is 0 Å². The summed E-state index contributed by atoms with van der Waals surface area (Å²) in [4.78, 5) is 44.3. The van der Waals surface area contributed by atoms with Crippen LogP contribution in [0.1, 0.15) is 43.6 Å². The van der Waals surface area contributed by atoms with Gasteiger partial charge in [0.05, 0.1) is 23.7 Å². The molecule has 0 bridgehead atoms. The third kappa shape index (κ3) is 5.17. The number of ether oxygens (including phenoxy) is 1. The first-order valence-corrected chi connectivity index (χ1v) is 4.98. The fourth-order valence-corrected chi connectivity index (χ4v) is 1.90. The Labute approximate surface area is 126 Å². The van der Waals surface area contributed by atoms with Gasteiger partial charge in [0.25, 0.3) is 0 Å². The van der Waals surface area contributed by atoms with Crippen molar-refractivity contribution < 1.29 is 34.1 Å². The van der Waals surface area contributed by atoms with Gasteiger partial charge in [0, 0.05) is 0 Å². The number of cyclic esters (lactones) is 2. The average Bonchev–Trinajstić information content (AvgIpc) is 2.44. The molecule has 0 aliphatic carbocycles. The van der Waals surface area contributed by atoms with Crippen LogP contribution in [0.3, 0.4) is 0 Å². The summed E-state index contributed by atoms with van der Waals surface area (Å²) in [7, 11) is 0. The first-order valence-electron chi connectivity index (χ1n) is 4.98. The van der Waals surface area contributed by atoms with Crippen molar-refractivity contribution in [1.29, 1.82) is 0 Å². The van der Waals surface area contributed by atoms with Crippen molar-refractivity contribution in [3.8, 4) is 0 Å². The van der Waals surface area contributed by atoms with E-state index in [1.165, 1.54) is 13.8 Å². The van der Waals surface area contributed by atoms with Gasteiger partial charge in [-0.2, -0.15) is 0 Å². The van der Waals surface area contributed by atoms with Crippen molar-refractivity contribution in [2.45, 2.75) is 43.6 Å². The smallest absolute Gasteiger partial charge is 0.318 e. The molecule has 1 aliphatic rings. The van der Waals surface area contributed by atoms with Gasteiger partial charge in [-0.3, -0.25) is 19.2 Å². The zero-order valence-corrected chi connectivity index (χ0v) is 9.25. The molecular weight excluding hydrogens is 280 g/mol. The number of carboxylic acid groups (broad SMARTS) is 2. The van der Waals surface area contributed by atoms with Gasteiger partial charge in [-0.05, 0) is 0 Å². The van der Waals surface area contributed by atoms with E-state index < -0.39 is 47.5 Å². The molecule has 2 N–H and O–H groups in total. The van der Waals surface area contributed by atoms with Crippen LogP contribution in [0.15, 0.2) is 0 Å². The zero-order valence-electron chi connectivity index (χ0n) is 9.25. The summed E-state index contributed by atoms with van der Waals surface area (Å²) in [5, 5.41) is 17.8. The maximum Gasteiger partial charge on any atom is 0.318 e. The van der Waals surface area contributed by atoms with E-state index in [9.17, 15) is 19.2 Å². The minimum absolute atomic E-state index is 0. The lowest BCUT2D eigenvalue weighted by Gasteiger charge is -2.21. The van der Waals surface area contributed by atoms with Crippen LogP contribution in [0.25, 0.3) is 0 Å². The molecule has 0 amide bonds. The highest BCUT2D eigenvalue weighted by atomic mass is 16.6. The monoisotopic (exact) mass is 308 g/mol. The van der Waals surface area contributed by atoms with Crippen LogP contribution in [0, 0.1) is 23.7 Å². The normalized spacial score (nSPS) is 22.2. The molecule has 4 unspecified atom stereocenters. The molecule has 7 nitrogen and oxygen atoms in total. The summed E-state index contributed by atoms with van der Waals surface area (Å²) in [6, 6.07) is 0. The molecule has 0 aromatic heterocycles. The molecule has 0 saturated carbocycles. The Kier molecular flexibility index (Phi) is 12.9. The topological polar surface area (TPSA) is 118 Å². The maximum atomic E-state index is 11.4. The van der Waals surface area contributed by atoms with Gasteiger partial charge in [0.15, 0.2) is 0 Å². The molecular formula is C14H28O7. The first kappa shape index (κ1) is 27.4. The van der Waals surface area contributed by atoms with Crippen molar-refractivity contribution in [2.75, 3.05) is 0 Å². The maximum absolute atomic E-state index is 11.4. The van der Waals surface area contributed by atoms with Crippen LogP contribution in [-0.2, 0) is 23.9 Å². The third-order valence-electron chi connectivity index (χ3n) is 2.98. The molecule has 1 fully saturated rings. The Balaban J connectivity index is -0.000000361. The lowest BCUT2D eigenvalue weighted by molar-refractivity contribution is -0.160. The Morgan fingerprint density at radius 3 is 1.67 bits per heavy atom. The summed E-state index contributed by atoms with van der Waals surface area (Å²) in [5.41, 5.74) is 0. The molecule has 1 aliphatic heterocycles. The number of aliphatic carboxylic acids is 2. The second-order valence-electron chi connectivity index (χ2n) is 4.05. The number of esters is 2. The summed E-state index contributed by atoms with van der Waals surface area (Å²) in [5.74, 6) is -9.48. The molecule has 4 atom stereocenters. The molecule has 21 heavy (non-hydrogen) atoms. The van der Waals surface area contributed by atoms with Crippen LogP contribution < -0.4 is 0 Å². The highest BCUT2D eigenvalue weighted by Crippen LogP contribution is 2.34. The van der Waals surface area contributed by atoms with Gasteiger partial charge >= 0.3 is 23.9 Å². The summed E-state index contributed by atoms with van der Waals surface area (Å²) in [6.45, 7) is 2.53. The van der Waals surface area contributed by atoms with Gasteiger partial charge in [0.2, 0.25) is 0 Å². The highest BCUT2D eigenvalue weighted by Gasteiger charge is 2.51. The van der Waals surface area contributed by atoms with Crippen molar-refractivity contribution in [1.82, 2.24) is 0 Å². The minimum atomic E-state index is -1.47. The predicted octanol–water partition coefficient (Wildman–Crippen LogP) is 2.29. The standard InChI is InChI=1S/C10H12O7.4CH4/c1-3(7(11)12)5(8(13)14)6-4(2)9(15)17-10(6)16;;;;/h3-6H,1-2H3,(H,11,12)(H,13,14);4*1H4. The number of carbonyl (C=O) groups excluding carboxylic acids is 2. The van der Waals surface area contributed by atoms with Gasteiger partial charge in [-0.15, -0.1) is 0 Å². The molecule has 7 heteroatoms. The molecule has 1 heterocycles. The number of hydrogen-bond donors (Lipinski definition) is 2. The van der Waals surface area contributed by atoms with Crippen molar-refractivity contribution in [2.24, 2.45) is 23.7 Å². The van der Waals surface area contributed by atoms with E-state index in [0.29, 0.717) is 0 Å². The first-order chi connectivity index (χ1) is 7.77. The highest BCUT2D eigenvalue weighted by molar-refractivity contribution is 5.99. The number of rotatable bonds is 4. The van der Waals surface area contributed by atoms with Gasteiger partial charge in [-0.25, -0.2) is 0 Å². The fourth-order valence-electron chi connectivity index (χ4n) is 1.90. The van der Waals surface area contributed by atoms with Crippen molar-refractivity contribution in [3.05, 3.63) is 0 Å². The molecule has 126 valence electrons. The number of carbonyl (C=O) groups is 4. The molecule has 0 radical (unpaired) electrons. The van der Waals surface area contributed by atoms with Gasteiger partial charge < -0.3 is 14.9 Å².